The van der Waals surface area contributed by atoms with Gasteiger partial charge in [-0.1, -0.05) is 6.92 Å². The van der Waals surface area contributed by atoms with E-state index < -0.39 is 0 Å². The van der Waals surface area contributed by atoms with Crippen LogP contribution in [0.2, 0.25) is 0 Å². The Morgan fingerprint density at radius 1 is 1.67 bits per heavy atom. The van der Waals surface area contributed by atoms with E-state index in [9.17, 15) is 0 Å². The normalized spacial score (nSPS) is 9.08. The van der Waals surface area contributed by atoms with Crippen LogP contribution in [0.15, 0.2) is 6.07 Å². The van der Waals surface area contributed by atoms with Crippen LogP contribution >= 0.6 is 0 Å². The summed E-state index contributed by atoms with van der Waals surface area (Å²) in [5.41, 5.74) is 2.12. The monoisotopic (exact) mass is 164 g/mol. The molecule has 5 heteroatoms. The maximum absolute atomic E-state index is 8.53. The molecule has 2 N–H and O–H groups in total. The van der Waals surface area contributed by atoms with Gasteiger partial charge >= 0.3 is 0 Å². The molecule has 1 heterocycles. The van der Waals surface area contributed by atoms with E-state index in [1.165, 1.54) is 6.07 Å². The first-order valence-electron chi connectivity index (χ1n) is 3.48. The maximum Gasteiger partial charge on any atom is 0.154 e. The van der Waals surface area contributed by atoms with Crippen LogP contribution < -0.4 is 5.48 Å². The van der Waals surface area contributed by atoms with Crippen molar-refractivity contribution in [2.24, 2.45) is 0 Å². The highest BCUT2D eigenvalue weighted by atomic mass is 16.5. The van der Waals surface area contributed by atoms with E-state index in [0.29, 0.717) is 12.2 Å². The topological polar surface area (TPSA) is 81.8 Å². The molecule has 0 aliphatic heterocycles. The molecule has 1 aromatic rings. The van der Waals surface area contributed by atoms with Gasteiger partial charge in [-0.2, -0.15) is 5.26 Å². The number of aromatic nitrogens is 2. The first-order chi connectivity index (χ1) is 5.80. The fourth-order valence-electron chi connectivity index (χ4n) is 0.770. The van der Waals surface area contributed by atoms with Gasteiger partial charge in [-0.15, -0.1) is 0 Å². The van der Waals surface area contributed by atoms with Gasteiger partial charge in [0.25, 0.3) is 0 Å². The summed E-state index contributed by atoms with van der Waals surface area (Å²) in [6.45, 7) is 1.87. The summed E-state index contributed by atoms with van der Waals surface area (Å²) >= 11 is 0. The van der Waals surface area contributed by atoms with Gasteiger partial charge < -0.3 is 0 Å². The van der Waals surface area contributed by atoms with Crippen LogP contribution in [0.3, 0.4) is 0 Å². The summed E-state index contributed by atoms with van der Waals surface area (Å²) in [5.74, 6) is 0.781. The van der Waals surface area contributed by atoms with Gasteiger partial charge in [0.2, 0.25) is 0 Å². The van der Waals surface area contributed by atoms with Crippen molar-refractivity contribution in [2.45, 2.75) is 13.3 Å². The second-order valence-electron chi connectivity index (χ2n) is 2.13. The quantitative estimate of drug-likeness (QED) is 0.629. The Hall–Kier alpha value is -1.67. The molecule has 0 aliphatic carbocycles. The van der Waals surface area contributed by atoms with Gasteiger partial charge in [0.15, 0.2) is 5.82 Å². The van der Waals surface area contributed by atoms with Crippen LogP contribution in [-0.2, 0) is 6.42 Å². The van der Waals surface area contributed by atoms with Crippen LogP contribution in [-0.4, -0.2) is 15.2 Å². The minimum Gasteiger partial charge on any atom is -0.290 e. The number of hydrogen-bond acceptors (Lipinski definition) is 5. The van der Waals surface area contributed by atoms with Gasteiger partial charge in [-0.05, 0) is 0 Å². The Labute approximate surface area is 69.7 Å². The van der Waals surface area contributed by atoms with Crippen LogP contribution in [0, 0.1) is 11.3 Å². The van der Waals surface area contributed by atoms with Crippen molar-refractivity contribution in [3.8, 4) is 6.07 Å². The van der Waals surface area contributed by atoms with E-state index in [0.717, 1.165) is 0 Å². The molecule has 0 amide bonds. The number of rotatable bonds is 2. The number of aryl methyl sites for hydroxylation is 1. The molecular weight excluding hydrogens is 156 g/mol. The molecule has 0 unspecified atom stereocenters. The Bertz CT molecular complexity index is 295. The molecule has 0 fully saturated rings. The summed E-state index contributed by atoms with van der Waals surface area (Å²) in [6.07, 6.45) is 0.629. The Balaban J connectivity index is 3.12. The maximum atomic E-state index is 8.53. The second-order valence-corrected chi connectivity index (χ2v) is 2.13. The Kier molecular flexibility index (Phi) is 2.56. The van der Waals surface area contributed by atoms with E-state index in [-0.39, 0.29) is 11.5 Å². The third kappa shape index (κ3) is 1.68. The molecule has 0 saturated carbocycles. The predicted molar refractivity (Wildman–Crippen MR) is 41.5 cm³/mol. The highest BCUT2D eigenvalue weighted by Crippen LogP contribution is 2.04. The molecule has 0 atom stereocenters. The lowest BCUT2D eigenvalue weighted by Gasteiger charge is -2.00. The van der Waals surface area contributed by atoms with E-state index in [4.69, 9.17) is 10.5 Å². The highest BCUT2D eigenvalue weighted by molar-refractivity contribution is 5.37. The third-order valence-corrected chi connectivity index (χ3v) is 1.32. The summed E-state index contributed by atoms with van der Waals surface area (Å²) in [5, 5.41) is 17.1. The molecule has 0 aliphatic rings. The van der Waals surface area contributed by atoms with E-state index in [1.807, 2.05) is 18.5 Å². The SMILES string of the molecule is CCc1nc(C#N)cc(NO)n1. The Morgan fingerprint density at radius 2 is 2.42 bits per heavy atom. The smallest absolute Gasteiger partial charge is 0.154 e. The van der Waals surface area contributed by atoms with Crippen LogP contribution in [0.1, 0.15) is 18.4 Å². The van der Waals surface area contributed by atoms with E-state index in [2.05, 4.69) is 9.97 Å². The molecule has 1 aromatic heterocycles. The zero-order valence-corrected chi connectivity index (χ0v) is 6.57. The minimum absolute atomic E-state index is 0.249. The number of nitriles is 1. The first kappa shape index (κ1) is 8.43. The van der Waals surface area contributed by atoms with Crippen molar-refractivity contribution in [3.63, 3.8) is 0 Å². The average Bonchev–Trinajstić information content (AvgIpc) is 2.16. The lowest BCUT2D eigenvalue weighted by molar-refractivity contribution is 0.385. The van der Waals surface area contributed by atoms with Crippen molar-refractivity contribution in [3.05, 3.63) is 17.6 Å². The lowest BCUT2D eigenvalue weighted by Crippen LogP contribution is -2.01. The zero-order valence-electron chi connectivity index (χ0n) is 6.57. The molecule has 5 nitrogen and oxygen atoms in total. The minimum atomic E-state index is 0.249. The third-order valence-electron chi connectivity index (χ3n) is 1.32. The molecular formula is C7H8N4O. The molecule has 0 radical (unpaired) electrons. The van der Waals surface area contributed by atoms with Crippen LogP contribution in [0.5, 0.6) is 0 Å². The van der Waals surface area contributed by atoms with E-state index >= 15 is 0 Å². The fourth-order valence-corrected chi connectivity index (χ4v) is 0.770. The van der Waals surface area contributed by atoms with Gasteiger partial charge in [0, 0.05) is 12.5 Å². The zero-order chi connectivity index (χ0) is 8.97. The fraction of sp³-hybridized carbons (Fsp3) is 0.286. The number of nitrogens with one attached hydrogen (secondary N) is 1. The van der Waals surface area contributed by atoms with Crippen molar-refractivity contribution < 1.29 is 5.21 Å². The van der Waals surface area contributed by atoms with Crippen molar-refractivity contribution >= 4 is 5.82 Å². The number of anilines is 1. The van der Waals surface area contributed by atoms with Crippen molar-refractivity contribution in [1.82, 2.24) is 9.97 Å². The molecule has 0 saturated heterocycles. The van der Waals surface area contributed by atoms with Gasteiger partial charge in [0.05, 0.1) is 0 Å². The molecule has 0 spiro atoms. The first-order valence-corrected chi connectivity index (χ1v) is 3.48. The molecule has 62 valence electrons. The van der Waals surface area contributed by atoms with E-state index in [1.54, 1.807) is 0 Å². The average molecular weight is 164 g/mol. The number of hydrogen-bond donors (Lipinski definition) is 2. The summed E-state index contributed by atoms with van der Waals surface area (Å²) in [7, 11) is 0. The summed E-state index contributed by atoms with van der Waals surface area (Å²) in [6, 6.07) is 3.25. The second kappa shape index (κ2) is 3.64. The van der Waals surface area contributed by atoms with Crippen molar-refractivity contribution in [2.75, 3.05) is 5.48 Å². The lowest BCUT2D eigenvalue weighted by atomic mass is 10.3. The van der Waals surface area contributed by atoms with Gasteiger partial charge in [-0.25, -0.2) is 9.97 Å². The molecule has 12 heavy (non-hydrogen) atoms. The predicted octanol–water partition coefficient (Wildman–Crippen LogP) is 0.712. The van der Waals surface area contributed by atoms with Gasteiger partial charge in [-0.3, -0.25) is 10.7 Å². The standard InChI is InChI=1S/C7H8N4O/c1-2-6-9-5(4-8)3-7(10-6)11-12/h3,12H,2H2,1H3,(H,9,10,11). The number of nitrogens with zero attached hydrogens (tertiary/aromatic N) is 3. The van der Waals surface area contributed by atoms with Crippen LogP contribution in [0.25, 0.3) is 0 Å². The van der Waals surface area contributed by atoms with Crippen LogP contribution in [0.4, 0.5) is 5.82 Å². The highest BCUT2D eigenvalue weighted by Gasteiger charge is 2.00. The van der Waals surface area contributed by atoms with Gasteiger partial charge in [0.1, 0.15) is 17.6 Å². The largest absolute Gasteiger partial charge is 0.290 e. The van der Waals surface area contributed by atoms with Crippen molar-refractivity contribution in [1.29, 1.82) is 5.26 Å². The molecule has 1 rings (SSSR count). The Morgan fingerprint density at radius 3 is 2.92 bits per heavy atom. The molecule has 0 bridgehead atoms. The molecule has 0 aromatic carbocycles. The summed E-state index contributed by atoms with van der Waals surface area (Å²) in [4.78, 5) is 7.79. The summed E-state index contributed by atoms with van der Waals surface area (Å²) < 4.78 is 0.